The van der Waals surface area contributed by atoms with Gasteiger partial charge in [-0.05, 0) is 67.8 Å². The van der Waals surface area contributed by atoms with Crippen molar-refractivity contribution in [2.45, 2.75) is 36.8 Å². The second-order valence-corrected chi connectivity index (χ2v) is 11.2. The van der Waals surface area contributed by atoms with Gasteiger partial charge in [0.15, 0.2) is 6.20 Å². The zero-order chi connectivity index (χ0) is 26.3. The number of nitrogens with zero attached hydrogens (tertiary/aromatic N) is 2. The predicted octanol–water partition coefficient (Wildman–Crippen LogP) is 7.93. The van der Waals surface area contributed by atoms with Gasteiger partial charge in [0, 0.05) is 27.1 Å². The average Bonchev–Trinajstić information content (AvgIpc) is 3.44. The molecule has 3 heterocycles. The van der Waals surface area contributed by atoms with Crippen LogP contribution in [-0.4, -0.2) is 27.2 Å². The molecule has 0 radical (unpaired) electrons. The summed E-state index contributed by atoms with van der Waals surface area (Å²) in [4.78, 5) is 1.24. The van der Waals surface area contributed by atoms with Crippen LogP contribution in [0.1, 0.15) is 36.5 Å². The molecule has 0 N–H and O–H groups in total. The first-order valence-electron chi connectivity index (χ1n) is 13.5. The highest BCUT2D eigenvalue weighted by molar-refractivity contribution is 8.01. The molecule has 3 heteroatoms. The number of aromatic nitrogens is 1. The van der Waals surface area contributed by atoms with Crippen LogP contribution in [0.25, 0.3) is 27.5 Å². The zero-order valence-corrected chi connectivity index (χ0v) is 21.8. The maximum Gasteiger partial charge on any atom is 0.203 e. The van der Waals surface area contributed by atoms with Gasteiger partial charge in [0.05, 0.1) is 19.5 Å². The molecule has 0 amide bonds. The summed E-state index contributed by atoms with van der Waals surface area (Å²) >= 11 is 1.93. The maximum absolute atomic E-state index is 8.84. The van der Waals surface area contributed by atoms with Crippen molar-refractivity contribution in [2.24, 2.45) is 0 Å². The Hall–Kier alpha value is -3.56. The summed E-state index contributed by atoms with van der Waals surface area (Å²) in [5, 5.41) is 2.30. The van der Waals surface area contributed by atoms with Crippen molar-refractivity contribution in [3.05, 3.63) is 119 Å². The van der Waals surface area contributed by atoms with Gasteiger partial charge < -0.3 is 4.57 Å². The highest BCUT2D eigenvalue weighted by Gasteiger charge is 2.44. The molecule has 0 bridgehead atoms. The summed E-state index contributed by atoms with van der Waals surface area (Å²) < 4.78 is 22.1. The average molecular weight is 488 g/mol. The van der Waals surface area contributed by atoms with Gasteiger partial charge in [-0.3, -0.25) is 0 Å². The Labute approximate surface area is 219 Å². The topological polar surface area (TPSA) is 7.94 Å². The largest absolute Gasteiger partial charge is 0.308 e. The first-order chi connectivity index (χ1) is 18.3. The zero-order valence-electron chi connectivity index (χ0n) is 23.0. The van der Waals surface area contributed by atoms with Crippen molar-refractivity contribution in [1.29, 1.82) is 0 Å². The highest BCUT2D eigenvalue weighted by atomic mass is 32.2. The molecule has 1 aromatic heterocycles. The lowest BCUT2D eigenvalue weighted by Crippen LogP contribution is -2.32. The molecular weight excluding hydrogens is 456 g/mol. The molecule has 176 valence electrons. The fraction of sp³-hybridized carbons (Fsp3) is 0.182. The van der Waals surface area contributed by atoms with E-state index in [4.69, 9.17) is 2.74 Å². The van der Waals surface area contributed by atoms with E-state index >= 15 is 0 Å². The lowest BCUT2D eigenvalue weighted by Gasteiger charge is -2.22. The Kier molecular flexibility index (Phi) is 4.34. The van der Waals surface area contributed by atoms with Crippen LogP contribution >= 0.6 is 11.8 Å². The number of thioether (sulfide) groups is 1. The van der Waals surface area contributed by atoms with E-state index in [-0.39, 0.29) is 11.2 Å². The predicted molar refractivity (Wildman–Crippen MR) is 153 cm³/mol. The number of hydrogen-bond donors (Lipinski definition) is 0. The quantitative estimate of drug-likeness (QED) is 0.230. The number of para-hydroxylation sites is 2. The molecule has 2 aliphatic heterocycles. The first-order valence-corrected chi connectivity index (χ1v) is 13.4. The number of rotatable bonds is 2. The molecule has 2 aliphatic rings. The molecule has 4 aromatic carbocycles. The normalized spacial score (nSPS) is 19.6. The summed E-state index contributed by atoms with van der Waals surface area (Å²) in [6.45, 7) is 6.62. The van der Waals surface area contributed by atoms with Crippen molar-refractivity contribution >= 4 is 39.3 Å². The number of benzene rings is 4. The van der Waals surface area contributed by atoms with E-state index in [2.05, 4.69) is 91.7 Å². The number of fused-ring (bicyclic) bond motifs is 6. The molecule has 0 spiro atoms. The van der Waals surface area contributed by atoms with Crippen molar-refractivity contribution < 1.29 is 7.32 Å². The number of aryl methyl sites for hydroxylation is 2. The van der Waals surface area contributed by atoms with E-state index < -0.39 is 0 Å². The van der Waals surface area contributed by atoms with Crippen LogP contribution in [0.5, 0.6) is 0 Å². The van der Waals surface area contributed by atoms with Gasteiger partial charge in [-0.15, -0.1) is 11.8 Å². The fourth-order valence-corrected chi connectivity index (χ4v) is 7.73. The number of allylic oxidation sites excluding steroid dienone is 1. The second kappa shape index (κ2) is 7.97. The molecular formula is C33H29N2S+. The lowest BCUT2D eigenvalue weighted by molar-refractivity contribution is -0.424. The molecule has 0 saturated carbocycles. The van der Waals surface area contributed by atoms with Crippen molar-refractivity contribution in [2.75, 3.05) is 7.05 Å². The Bertz CT molecular complexity index is 1820. The molecule has 7 rings (SSSR count). The Morgan fingerprint density at radius 2 is 1.61 bits per heavy atom. The summed E-state index contributed by atoms with van der Waals surface area (Å²) in [7, 11) is 2.16. The van der Waals surface area contributed by atoms with Gasteiger partial charge >= 0.3 is 0 Å². The van der Waals surface area contributed by atoms with Crippen molar-refractivity contribution in [3.63, 3.8) is 0 Å². The second-order valence-electron chi connectivity index (χ2n) is 10.1. The van der Waals surface area contributed by atoms with Gasteiger partial charge in [-0.1, -0.05) is 60.2 Å². The van der Waals surface area contributed by atoms with E-state index in [1.54, 1.807) is 0 Å². The summed E-state index contributed by atoms with van der Waals surface area (Å²) in [5.41, 5.74) is 10.7. The van der Waals surface area contributed by atoms with E-state index in [1.165, 1.54) is 38.4 Å². The van der Waals surface area contributed by atoms with Gasteiger partial charge in [0.1, 0.15) is 12.3 Å². The summed E-state index contributed by atoms with van der Waals surface area (Å²) in [5.74, 6) is 0.264. The minimum Gasteiger partial charge on any atom is -0.308 e. The Balaban J connectivity index is 1.48. The molecule has 2 atom stereocenters. The molecule has 5 aromatic rings. The molecule has 0 aliphatic carbocycles. The van der Waals surface area contributed by atoms with Gasteiger partial charge in [0.2, 0.25) is 5.71 Å². The minimum atomic E-state index is 0.250. The van der Waals surface area contributed by atoms with Crippen molar-refractivity contribution in [1.82, 2.24) is 4.57 Å². The summed E-state index contributed by atoms with van der Waals surface area (Å²) in [6.07, 6.45) is 4.56. The third kappa shape index (κ3) is 3.02. The summed E-state index contributed by atoms with van der Waals surface area (Å²) in [6, 6.07) is 23.9. The van der Waals surface area contributed by atoms with E-state index in [0.717, 1.165) is 27.5 Å². The molecule has 0 saturated heterocycles. The van der Waals surface area contributed by atoms with Crippen LogP contribution < -0.4 is 0 Å². The fourth-order valence-electron chi connectivity index (χ4n) is 6.07. The van der Waals surface area contributed by atoms with E-state index in [1.807, 2.05) is 36.0 Å². The SMILES string of the molecule is [2H]c1cccc2c3cccc([2H])c3n(-c3cccc4c3SC3C(c5cc(C)cc(C)c5C)=[N+](C)C=CC43)c12. The first kappa shape index (κ1) is 19.6. The van der Waals surface area contributed by atoms with Gasteiger partial charge in [0.25, 0.3) is 0 Å². The highest BCUT2D eigenvalue weighted by Crippen LogP contribution is 2.52. The van der Waals surface area contributed by atoms with Gasteiger partial charge in [-0.2, -0.15) is 0 Å². The van der Waals surface area contributed by atoms with Crippen LogP contribution in [0.15, 0.2) is 96.0 Å². The third-order valence-corrected chi connectivity index (χ3v) is 9.31. The van der Waals surface area contributed by atoms with Crippen molar-refractivity contribution in [3.8, 4) is 5.69 Å². The number of hydrogen-bond acceptors (Lipinski definition) is 1. The van der Waals surface area contributed by atoms with Crippen LogP contribution in [0.3, 0.4) is 0 Å². The Morgan fingerprint density at radius 3 is 2.33 bits per heavy atom. The third-order valence-electron chi connectivity index (χ3n) is 7.86. The van der Waals surface area contributed by atoms with E-state index in [0.29, 0.717) is 12.1 Å². The standard InChI is InChI=1S/C33H29N2S/c1-20-18-21(2)22(3)27(19-20)31-33-26(16-17-34(31)4)25-12-9-15-30(32(25)36-33)35-28-13-7-5-10-23(28)24-11-6-8-14-29(24)35/h5-19,26,33H,1-4H3/q+1/i13D,14D. The molecule has 0 fully saturated rings. The van der Waals surface area contributed by atoms with Crippen LogP contribution in [-0.2, 0) is 0 Å². The van der Waals surface area contributed by atoms with Crippen LogP contribution in [0.4, 0.5) is 0 Å². The molecule has 2 unspecified atom stereocenters. The molecule has 2 nitrogen and oxygen atoms in total. The monoisotopic (exact) mass is 487 g/mol. The maximum atomic E-state index is 8.84. The van der Waals surface area contributed by atoms with Gasteiger partial charge in [-0.25, -0.2) is 4.58 Å². The van der Waals surface area contributed by atoms with Crippen LogP contribution in [0.2, 0.25) is 0 Å². The minimum absolute atomic E-state index is 0.250. The van der Waals surface area contributed by atoms with E-state index in [9.17, 15) is 0 Å². The lowest BCUT2D eigenvalue weighted by atomic mass is 9.86. The smallest absolute Gasteiger partial charge is 0.203 e. The molecule has 36 heavy (non-hydrogen) atoms. The van der Waals surface area contributed by atoms with Crippen LogP contribution in [0, 0.1) is 20.8 Å². The Morgan fingerprint density at radius 1 is 0.889 bits per heavy atom.